The second-order valence-corrected chi connectivity index (χ2v) is 4.53. The zero-order valence-electron chi connectivity index (χ0n) is 11.5. The largest absolute Gasteiger partial charge is 0.469 e. The van der Waals surface area contributed by atoms with Crippen LogP contribution in [0.4, 0.5) is 0 Å². The summed E-state index contributed by atoms with van der Waals surface area (Å²) < 4.78 is 5.86. The summed E-state index contributed by atoms with van der Waals surface area (Å²) >= 11 is 0. The van der Waals surface area contributed by atoms with Gasteiger partial charge in [0, 0.05) is 19.0 Å². The number of carbonyl (C=O) groups excluding carboxylic acids is 1. The van der Waals surface area contributed by atoms with Crippen LogP contribution in [0.15, 0.2) is 17.2 Å². The minimum Gasteiger partial charge on any atom is -0.469 e. The van der Waals surface area contributed by atoms with E-state index in [9.17, 15) is 9.59 Å². The standard InChI is InChI=1S/C12H17N5O3/c1-16(5-3-4-11(19)20-2)7-9-6-10(18)17-12(15-9)13-8-14-17/h6,8H,3-5,7H2,1-2H3,(H,13,14,15). The van der Waals surface area contributed by atoms with Crippen LogP contribution in [0.1, 0.15) is 18.5 Å². The molecule has 1 N–H and O–H groups in total. The molecule has 0 spiro atoms. The monoisotopic (exact) mass is 279 g/mol. The SMILES string of the molecule is COC(=O)CCCN(C)Cc1cc(=O)n2[nH]cnc2n1. The molecule has 0 atom stereocenters. The number of hydrogen-bond acceptors (Lipinski definition) is 6. The van der Waals surface area contributed by atoms with Crippen molar-refractivity contribution in [2.45, 2.75) is 19.4 Å². The summed E-state index contributed by atoms with van der Waals surface area (Å²) in [7, 11) is 3.29. The molecule has 0 aliphatic carbocycles. The number of nitrogens with zero attached hydrogens (tertiary/aromatic N) is 4. The second-order valence-electron chi connectivity index (χ2n) is 4.53. The van der Waals surface area contributed by atoms with Crippen LogP contribution < -0.4 is 5.56 Å². The predicted octanol–water partition coefficient (Wildman–Crippen LogP) is -0.197. The predicted molar refractivity (Wildman–Crippen MR) is 71.2 cm³/mol. The molecule has 2 aromatic rings. The van der Waals surface area contributed by atoms with E-state index in [0.717, 1.165) is 6.54 Å². The van der Waals surface area contributed by atoms with Crippen LogP contribution in [0.5, 0.6) is 0 Å². The molecular formula is C12H17N5O3. The fraction of sp³-hybridized carbons (Fsp3) is 0.500. The van der Waals surface area contributed by atoms with Crippen molar-refractivity contribution in [3.05, 3.63) is 28.4 Å². The Balaban J connectivity index is 1.94. The van der Waals surface area contributed by atoms with E-state index in [0.29, 0.717) is 30.9 Å². The minimum atomic E-state index is -0.215. The lowest BCUT2D eigenvalue weighted by Crippen LogP contribution is -2.23. The van der Waals surface area contributed by atoms with Gasteiger partial charge in [0.25, 0.3) is 11.3 Å². The van der Waals surface area contributed by atoms with Crippen molar-refractivity contribution < 1.29 is 9.53 Å². The molecule has 0 unspecified atom stereocenters. The number of hydrogen-bond donors (Lipinski definition) is 1. The number of carbonyl (C=O) groups is 1. The number of H-pyrrole nitrogens is 1. The molecule has 8 nitrogen and oxygen atoms in total. The lowest BCUT2D eigenvalue weighted by Gasteiger charge is -2.15. The Morgan fingerprint density at radius 3 is 3.10 bits per heavy atom. The van der Waals surface area contributed by atoms with E-state index in [1.54, 1.807) is 0 Å². The summed E-state index contributed by atoms with van der Waals surface area (Å²) in [5.74, 6) is 0.142. The van der Waals surface area contributed by atoms with Crippen molar-refractivity contribution in [1.82, 2.24) is 24.5 Å². The summed E-state index contributed by atoms with van der Waals surface area (Å²) in [6, 6.07) is 1.47. The molecule has 2 aromatic heterocycles. The average Bonchev–Trinajstić information content (AvgIpc) is 2.87. The van der Waals surface area contributed by atoms with Gasteiger partial charge in [-0.1, -0.05) is 0 Å². The van der Waals surface area contributed by atoms with E-state index in [1.165, 1.54) is 24.0 Å². The van der Waals surface area contributed by atoms with Gasteiger partial charge in [0.05, 0.1) is 12.8 Å². The molecule has 0 fully saturated rings. The van der Waals surface area contributed by atoms with Crippen LogP contribution >= 0.6 is 0 Å². The molecule has 0 saturated heterocycles. The molecule has 8 heteroatoms. The fourth-order valence-corrected chi connectivity index (χ4v) is 1.90. The maximum Gasteiger partial charge on any atom is 0.305 e. The van der Waals surface area contributed by atoms with Gasteiger partial charge in [-0.15, -0.1) is 0 Å². The topological polar surface area (TPSA) is 92.6 Å². The maximum atomic E-state index is 11.8. The van der Waals surface area contributed by atoms with Gasteiger partial charge in [-0.25, -0.2) is 9.97 Å². The minimum absolute atomic E-state index is 0.189. The van der Waals surface area contributed by atoms with Crippen LogP contribution in [-0.2, 0) is 16.1 Å². The van der Waals surface area contributed by atoms with Crippen molar-refractivity contribution in [3.63, 3.8) is 0 Å². The van der Waals surface area contributed by atoms with Gasteiger partial charge >= 0.3 is 5.97 Å². The van der Waals surface area contributed by atoms with Gasteiger partial charge < -0.3 is 9.64 Å². The number of fused-ring (bicyclic) bond motifs is 1. The van der Waals surface area contributed by atoms with E-state index in [4.69, 9.17) is 0 Å². The molecule has 0 saturated carbocycles. The molecule has 0 radical (unpaired) electrons. The molecule has 20 heavy (non-hydrogen) atoms. The third-order valence-corrected chi connectivity index (χ3v) is 2.90. The van der Waals surface area contributed by atoms with E-state index >= 15 is 0 Å². The third kappa shape index (κ3) is 3.41. The quantitative estimate of drug-likeness (QED) is 0.736. The van der Waals surface area contributed by atoms with Gasteiger partial charge in [0.15, 0.2) is 0 Å². The van der Waals surface area contributed by atoms with Gasteiger partial charge in [0.1, 0.15) is 6.33 Å². The molecule has 2 rings (SSSR count). The Labute approximate surface area is 115 Å². The zero-order valence-corrected chi connectivity index (χ0v) is 11.5. The van der Waals surface area contributed by atoms with Crippen LogP contribution in [-0.4, -0.2) is 51.2 Å². The lowest BCUT2D eigenvalue weighted by molar-refractivity contribution is -0.140. The molecule has 108 valence electrons. The molecule has 0 bridgehead atoms. The van der Waals surface area contributed by atoms with Gasteiger partial charge in [-0.05, 0) is 20.0 Å². The number of ether oxygens (including phenoxy) is 1. The van der Waals surface area contributed by atoms with E-state index in [1.807, 2.05) is 11.9 Å². The van der Waals surface area contributed by atoms with Gasteiger partial charge in [0.2, 0.25) is 0 Å². The van der Waals surface area contributed by atoms with Crippen molar-refractivity contribution in [2.75, 3.05) is 20.7 Å². The zero-order chi connectivity index (χ0) is 14.5. The normalized spacial score (nSPS) is 11.2. The molecule has 0 aromatic carbocycles. The highest BCUT2D eigenvalue weighted by atomic mass is 16.5. The van der Waals surface area contributed by atoms with E-state index < -0.39 is 0 Å². The molecule has 2 heterocycles. The van der Waals surface area contributed by atoms with E-state index in [2.05, 4.69) is 19.8 Å². The summed E-state index contributed by atoms with van der Waals surface area (Å²) in [6.07, 6.45) is 2.51. The Morgan fingerprint density at radius 2 is 2.35 bits per heavy atom. The van der Waals surface area contributed by atoms with Crippen LogP contribution in [0.3, 0.4) is 0 Å². The smallest absolute Gasteiger partial charge is 0.305 e. The lowest BCUT2D eigenvalue weighted by atomic mass is 10.3. The molecular weight excluding hydrogens is 262 g/mol. The molecule has 0 aliphatic heterocycles. The van der Waals surface area contributed by atoms with Crippen LogP contribution in [0.2, 0.25) is 0 Å². The number of esters is 1. The first-order chi connectivity index (χ1) is 9.60. The first kappa shape index (κ1) is 14.2. The number of nitrogens with one attached hydrogen (secondary N) is 1. The van der Waals surface area contributed by atoms with Crippen molar-refractivity contribution >= 4 is 11.7 Å². The fourth-order valence-electron chi connectivity index (χ4n) is 1.90. The van der Waals surface area contributed by atoms with Crippen molar-refractivity contribution in [3.8, 4) is 0 Å². The van der Waals surface area contributed by atoms with E-state index in [-0.39, 0.29) is 11.5 Å². The summed E-state index contributed by atoms with van der Waals surface area (Å²) in [5.41, 5.74) is 0.466. The number of aromatic amines is 1. The third-order valence-electron chi connectivity index (χ3n) is 2.90. The Bertz CT molecular complexity index is 648. The number of aromatic nitrogens is 4. The summed E-state index contributed by atoms with van der Waals surface area (Å²) in [4.78, 5) is 33.0. The van der Waals surface area contributed by atoms with Crippen LogP contribution in [0, 0.1) is 0 Å². The molecule has 0 amide bonds. The highest BCUT2D eigenvalue weighted by Gasteiger charge is 2.08. The summed E-state index contributed by atoms with van der Waals surface area (Å²) in [5, 5.41) is 2.69. The van der Waals surface area contributed by atoms with Gasteiger partial charge in [-0.2, -0.15) is 4.52 Å². The average molecular weight is 279 g/mol. The Kier molecular flexibility index (Phi) is 4.46. The van der Waals surface area contributed by atoms with Crippen LogP contribution in [0.25, 0.3) is 5.78 Å². The highest BCUT2D eigenvalue weighted by Crippen LogP contribution is 2.01. The van der Waals surface area contributed by atoms with Gasteiger partial charge in [-0.3, -0.25) is 14.7 Å². The highest BCUT2D eigenvalue weighted by molar-refractivity contribution is 5.69. The Hall–Kier alpha value is -2.22. The second kappa shape index (κ2) is 6.29. The van der Waals surface area contributed by atoms with Crippen molar-refractivity contribution in [2.24, 2.45) is 0 Å². The summed E-state index contributed by atoms with van der Waals surface area (Å²) in [6.45, 7) is 1.25. The Morgan fingerprint density at radius 1 is 1.55 bits per heavy atom. The number of methoxy groups -OCH3 is 1. The first-order valence-corrected chi connectivity index (χ1v) is 6.27. The number of rotatable bonds is 6. The maximum absolute atomic E-state index is 11.8. The molecule has 0 aliphatic rings. The van der Waals surface area contributed by atoms with Crippen molar-refractivity contribution in [1.29, 1.82) is 0 Å². The first-order valence-electron chi connectivity index (χ1n) is 6.27.